The molecule has 0 fully saturated rings. The largest absolute Gasteiger partial charge is 0.458 e. The minimum absolute atomic E-state index is 0.0107. The predicted molar refractivity (Wildman–Crippen MR) is 81.0 cm³/mol. The van der Waals surface area contributed by atoms with Gasteiger partial charge < -0.3 is 9.52 Å². The predicted octanol–water partition coefficient (Wildman–Crippen LogP) is 4.49. The monoisotopic (exact) mass is 300 g/mol. The summed E-state index contributed by atoms with van der Waals surface area (Å²) >= 11 is 1.75. The van der Waals surface area contributed by atoms with Crippen LogP contribution in [0.4, 0.5) is 4.39 Å². The molecular weight excluding hydrogens is 287 g/mol. The van der Waals surface area contributed by atoms with Gasteiger partial charge in [0.1, 0.15) is 23.3 Å². The average Bonchev–Trinajstić information content (AvgIpc) is 3.09. The van der Waals surface area contributed by atoms with E-state index in [0.717, 1.165) is 11.3 Å². The van der Waals surface area contributed by atoms with Gasteiger partial charge in [0, 0.05) is 22.0 Å². The number of rotatable bonds is 2. The Hall–Kier alpha value is -1.78. The summed E-state index contributed by atoms with van der Waals surface area (Å²) in [6, 6.07) is 14.2. The summed E-state index contributed by atoms with van der Waals surface area (Å²) in [6.07, 6.45) is -0.711. The van der Waals surface area contributed by atoms with Crippen LogP contribution in [0.1, 0.15) is 23.3 Å². The minimum Gasteiger partial charge on any atom is -0.458 e. The van der Waals surface area contributed by atoms with E-state index in [2.05, 4.69) is 6.07 Å². The molecule has 0 aliphatic carbocycles. The normalized spacial score (nSPS) is 18.9. The van der Waals surface area contributed by atoms with Crippen molar-refractivity contribution in [2.45, 2.75) is 16.9 Å². The number of aliphatic hydroxyl groups excluding tert-OH is 1. The molecule has 3 aromatic rings. The Labute approximate surface area is 125 Å². The third kappa shape index (κ3) is 2.15. The molecule has 4 rings (SSSR count). The lowest BCUT2D eigenvalue weighted by atomic mass is 9.94. The Morgan fingerprint density at radius 3 is 2.95 bits per heavy atom. The van der Waals surface area contributed by atoms with Gasteiger partial charge in [-0.05, 0) is 35.9 Å². The van der Waals surface area contributed by atoms with Crippen LogP contribution in [0.5, 0.6) is 0 Å². The highest BCUT2D eigenvalue weighted by Crippen LogP contribution is 2.46. The van der Waals surface area contributed by atoms with Crippen molar-refractivity contribution in [3.8, 4) is 0 Å². The Kier molecular flexibility index (Phi) is 3.01. The van der Waals surface area contributed by atoms with E-state index in [1.807, 2.05) is 18.2 Å². The first-order chi connectivity index (χ1) is 10.2. The van der Waals surface area contributed by atoms with E-state index in [0.29, 0.717) is 16.7 Å². The molecule has 4 heteroatoms. The molecule has 0 radical (unpaired) electrons. The molecule has 0 bridgehead atoms. The zero-order valence-electron chi connectivity index (χ0n) is 11.1. The standard InChI is InChI=1S/C17H13FO2S/c18-11-5-6-14-10(7-11)8-15(20-14)17(19)13-9-21-16-4-2-1-3-12(13)16/h1-8,13,17,19H,9H2. The van der Waals surface area contributed by atoms with Gasteiger partial charge in [0.05, 0.1) is 0 Å². The van der Waals surface area contributed by atoms with Crippen LogP contribution in [0.15, 0.2) is 57.8 Å². The van der Waals surface area contributed by atoms with Gasteiger partial charge in [0.25, 0.3) is 0 Å². The molecule has 1 N–H and O–H groups in total. The van der Waals surface area contributed by atoms with Gasteiger partial charge in [-0.15, -0.1) is 11.8 Å². The molecular formula is C17H13FO2S. The van der Waals surface area contributed by atoms with Crippen LogP contribution in [0, 0.1) is 5.82 Å². The summed E-state index contributed by atoms with van der Waals surface area (Å²) in [7, 11) is 0. The molecule has 0 saturated heterocycles. The maximum absolute atomic E-state index is 13.2. The fourth-order valence-electron chi connectivity index (χ4n) is 2.83. The minimum atomic E-state index is -0.711. The Bertz CT molecular complexity index is 811. The lowest BCUT2D eigenvalue weighted by Crippen LogP contribution is -2.09. The molecule has 2 heterocycles. The van der Waals surface area contributed by atoms with Crippen molar-refractivity contribution >= 4 is 22.7 Å². The van der Waals surface area contributed by atoms with Crippen LogP contribution >= 0.6 is 11.8 Å². The maximum Gasteiger partial charge on any atom is 0.134 e. The molecule has 1 aromatic heterocycles. The first kappa shape index (κ1) is 12.9. The van der Waals surface area contributed by atoms with Crippen molar-refractivity contribution in [1.29, 1.82) is 0 Å². The Balaban J connectivity index is 1.72. The fraction of sp³-hybridized carbons (Fsp3) is 0.176. The number of furan rings is 1. The lowest BCUT2D eigenvalue weighted by molar-refractivity contribution is 0.130. The number of halogens is 1. The van der Waals surface area contributed by atoms with Gasteiger partial charge in [-0.25, -0.2) is 4.39 Å². The third-order valence-electron chi connectivity index (χ3n) is 3.91. The molecule has 2 atom stereocenters. The lowest BCUT2D eigenvalue weighted by Gasteiger charge is -2.16. The van der Waals surface area contributed by atoms with E-state index in [1.165, 1.54) is 17.0 Å². The number of aliphatic hydroxyl groups is 1. The molecule has 106 valence electrons. The summed E-state index contributed by atoms with van der Waals surface area (Å²) in [5, 5.41) is 11.3. The van der Waals surface area contributed by atoms with Crippen LogP contribution in [0.25, 0.3) is 11.0 Å². The van der Waals surface area contributed by atoms with Gasteiger partial charge in [-0.3, -0.25) is 0 Å². The first-order valence-corrected chi connectivity index (χ1v) is 7.80. The van der Waals surface area contributed by atoms with Gasteiger partial charge in [-0.2, -0.15) is 0 Å². The topological polar surface area (TPSA) is 33.4 Å². The second-order valence-corrected chi connectivity index (χ2v) is 6.29. The highest BCUT2D eigenvalue weighted by Gasteiger charge is 2.31. The molecule has 0 amide bonds. The fourth-order valence-corrected chi connectivity index (χ4v) is 4.11. The van der Waals surface area contributed by atoms with E-state index in [-0.39, 0.29) is 11.7 Å². The van der Waals surface area contributed by atoms with Crippen molar-refractivity contribution in [2.75, 3.05) is 5.75 Å². The van der Waals surface area contributed by atoms with Crippen LogP contribution in [0.3, 0.4) is 0 Å². The Morgan fingerprint density at radius 1 is 1.19 bits per heavy atom. The average molecular weight is 300 g/mol. The molecule has 2 unspecified atom stereocenters. The number of hydrogen-bond donors (Lipinski definition) is 1. The highest BCUT2D eigenvalue weighted by atomic mass is 32.2. The molecule has 2 aromatic carbocycles. The van der Waals surface area contributed by atoms with E-state index in [1.54, 1.807) is 23.9 Å². The van der Waals surface area contributed by atoms with Crippen LogP contribution in [-0.2, 0) is 0 Å². The summed E-state index contributed by atoms with van der Waals surface area (Å²) in [6.45, 7) is 0. The zero-order chi connectivity index (χ0) is 14.4. The molecule has 0 saturated carbocycles. The molecule has 1 aliphatic rings. The van der Waals surface area contributed by atoms with Crippen molar-refractivity contribution in [3.63, 3.8) is 0 Å². The van der Waals surface area contributed by atoms with Gasteiger partial charge in [0.15, 0.2) is 0 Å². The zero-order valence-corrected chi connectivity index (χ0v) is 11.9. The molecule has 1 aliphatic heterocycles. The third-order valence-corrected chi connectivity index (χ3v) is 5.12. The summed E-state index contributed by atoms with van der Waals surface area (Å²) in [5.74, 6) is 1.03. The molecule has 2 nitrogen and oxygen atoms in total. The van der Waals surface area contributed by atoms with E-state index in [4.69, 9.17) is 4.42 Å². The number of fused-ring (bicyclic) bond motifs is 2. The van der Waals surface area contributed by atoms with Crippen LogP contribution in [0.2, 0.25) is 0 Å². The van der Waals surface area contributed by atoms with Crippen molar-refractivity contribution < 1.29 is 13.9 Å². The van der Waals surface area contributed by atoms with E-state index in [9.17, 15) is 9.50 Å². The molecule has 21 heavy (non-hydrogen) atoms. The van der Waals surface area contributed by atoms with Crippen LogP contribution in [-0.4, -0.2) is 10.9 Å². The SMILES string of the molecule is OC(c1cc2cc(F)ccc2o1)C1CSc2ccccc21. The highest BCUT2D eigenvalue weighted by molar-refractivity contribution is 7.99. The molecule has 0 spiro atoms. The number of hydrogen-bond acceptors (Lipinski definition) is 3. The van der Waals surface area contributed by atoms with E-state index >= 15 is 0 Å². The second kappa shape index (κ2) is 4.90. The van der Waals surface area contributed by atoms with Crippen LogP contribution < -0.4 is 0 Å². The van der Waals surface area contributed by atoms with Gasteiger partial charge >= 0.3 is 0 Å². The van der Waals surface area contributed by atoms with Crippen molar-refractivity contribution in [3.05, 3.63) is 65.7 Å². The number of benzene rings is 2. The Morgan fingerprint density at radius 2 is 2.05 bits per heavy atom. The maximum atomic E-state index is 13.2. The summed E-state index contributed by atoms with van der Waals surface area (Å²) in [5.41, 5.74) is 1.76. The van der Waals surface area contributed by atoms with E-state index < -0.39 is 6.10 Å². The summed E-state index contributed by atoms with van der Waals surface area (Å²) in [4.78, 5) is 1.21. The smallest absolute Gasteiger partial charge is 0.134 e. The van der Waals surface area contributed by atoms with Gasteiger partial charge in [0.2, 0.25) is 0 Å². The summed E-state index contributed by atoms with van der Waals surface area (Å²) < 4.78 is 18.9. The van der Waals surface area contributed by atoms with Crippen molar-refractivity contribution in [1.82, 2.24) is 0 Å². The van der Waals surface area contributed by atoms with Gasteiger partial charge in [-0.1, -0.05) is 18.2 Å². The van der Waals surface area contributed by atoms with Crippen molar-refractivity contribution in [2.24, 2.45) is 0 Å². The number of thioether (sulfide) groups is 1. The first-order valence-electron chi connectivity index (χ1n) is 6.81. The second-order valence-electron chi connectivity index (χ2n) is 5.23. The quantitative estimate of drug-likeness (QED) is 0.756.